The lowest BCUT2D eigenvalue weighted by molar-refractivity contribution is -0.143. The Morgan fingerprint density at radius 2 is 1.62 bits per heavy atom. The van der Waals surface area contributed by atoms with Crippen molar-refractivity contribution in [3.63, 3.8) is 0 Å². The van der Waals surface area contributed by atoms with E-state index < -0.39 is 54.5 Å². The van der Waals surface area contributed by atoms with Gasteiger partial charge >= 0.3 is 0 Å². The average Bonchev–Trinajstić information content (AvgIpc) is 3.89. The number of carbonyl (C=O) groups is 9. The van der Waals surface area contributed by atoms with Gasteiger partial charge in [-0.2, -0.15) is 0 Å². The third-order valence-electron chi connectivity index (χ3n) is 7.07. The number of rotatable bonds is 22. The third-order valence-corrected chi connectivity index (χ3v) is 10.5. The van der Waals surface area contributed by atoms with E-state index in [0.717, 1.165) is 27.1 Å². The van der Waals surface area contributed by atoms with Crippen molar-refractivity contribution in [3.8, 4) is 0 Å². The van der Waals surface area contributed by atoms with E-state index in [1.807, 2.05) is 0 Å². The number of hydrogen-bond acceptors (Lipinski definition) is 13. The Morgan fingerprint density at radius 3 is 2.28 bits per heavy atom. The summed E-state index contributed by atoms with van der Waals surface area (Å²) in [6, 6.07) is 6.80. The molecule has 2 heterocycles. The van der Waals surface area contributed by atoms with Gasteiger partial charge in [0, 0.05) is 38.0 Å². The number of ether oxygens (including phenoxy) is 1. The second-order valence-corrected chi connectivity index (χ2v) is 15.1. The van der Waals surface area contributed by atoms with Gasteiger partial charge in [0.25, 0.3) is 0 Å². The van der Waals surface area contributed by atoms with Gasteiger partial charge in [0.05, 0.1) is 24.2 Å². The maximum Gasteiger partial charge on any atom is 0.250 e. The number of likely N-dealkylation sites (tertiary alicyclic amines) is 1. The molecule has 2 aliphatic heterocycles. The van der Waals surface area contributed by atoms with E-state index in [1.54, 1.807) is 31.2 Å². The number of aryl methyl sites for hydroxylation is 1. The SMILES string of the molecule is CCC(=O)NCNC(=O)CCc1ccc(NC(=O)COCC(=O)N(CC(=O)NCCN2C(=O)CC(SCC(C)=O)C2=O)CC(=O)C2SS2)cc1. The molecule has 0 aromatic heterocycles. The van der Waals surface area contributed by atoms with Crippen LogP contribution in [0.15, 0.2) is 24.3 Å². The van der Waals surface area contributed by atoms with Gasteiger partial charge in [-0.25, -0.2) is 0 Å². The fraction of sp³-hybridized carbons (Fsp3) is 0.516. The first-order valence-electron chi connectivity index (χ1n) is 15.7. The first-order chi connectivity index (χ1) is 23.9. The first kappa shape index (κ1) is 40.5. The molecule has 0 saturated carbocycles. The number of benzene rings is 1. The van der Waals surface area contributed by atoms with Gasteiger partial charge in [0.15, 0.2) is 5.78 Å². The van der Waals surface area contributed by atoms with E-state index in [1.165, 1.54) is 28.5 Å². The Hall–Kier alpha value is -3.94. The van der Waals surface area contributed by atoms with Crippen LogP contribution in [0.3, 0.4) is 0 Å². The van der Waals surface area contributed by atoms with Crippen molar-refractivity contribution in [1.82, 2.24) is 25.8 Å². The molecule has 4 N–H and O–H groups in total. The third kappa shape index (κ3) is 14.5. The highest BCUT2D eigenvalue weighted by Gasteiger charge is 2.39. The number of nitrogens with one attached hydrogen (secondary N) is 4. The molecule has 0 radical (unpaired) electrons. The van der Waals surface area contributed by atoms with E-state index in [2.05, 4.69) is 21.3 Å². The maximum atomic E-state index is 12.9. The molecular weight excluding hydrogens is 713 g/mol. The molecule has 3 rings (SSSR count). The summed E-state index contributed by atoms with van der Waals surface area (Å²) in [6.07, 6.45) is 0.959. The number of nitrogens with zero attached hydrogens (tertiary/aromatic N) is 2. The standard InChI is InChI=1S/C31H40N6O10S3/c1-3-24(40)33-18-34-25(41)9-6-20-4-7-21(8-5-20)35-27(43)15-47-16-29(45)36(13-22(39)31-49-50-31)14-26(42)32-10-11-37-28(44)12-23(30(37)46)48-17-19(2)38/h4-5,7-8,23,31H,3,6,9-18H2,1-2H3,(H,32,42)(H,33,40)(H,34,41)(H,35,43). The zero-order valence-electron chi connectivity index (χ0n) is 27.7. The predicted octanol–water partition coefficient (Wildman–Crippen LogP) is -0.141. The van der Waals surface area contributed by atoms with Crippen LogP contribution in [-0.2, 0) is 54.3 Å². The van der Waals surface area contributed by atoms with E-state index >= 15 is 0 Å². The van der Waals surface area contributed by atoms with Crippen LogP contribution in [0, 0.1) is 0 Å². The molecular formula is C31H40N6O10S3. The minimum Gasteiger partial charge on any atom is -0.362 e. The molecule has 1 aromatic rings. The molecule has 0 aliphatic carbocycles. The predicted molar refractivity (Wildman–Crippen MR) is 187 cm³/mol. The van der Waals surface area contributed by atoms with E-state index in [9.17, 15) is 43.2 Å². The molecule has 1 atom stereocenters. The molecule has 19 heteroatoms. The number of imide groups is 1. The molecule has 2 fully saturated rings. The zero-order chi connectivity index (χ0) is 36.6. The Morgan fingerprint density at radius 1 is 0.920 bits per heavy atom. The highest BCUT2D eigenvalue weighted by molar-refractivity contribution is 8.93. The molecule has 0 bridgehead atoms. The van der Waals surface area contributed by atoms with Gasteiger partial charge in [0.2, 0.25) is 41.4 Å². The van der Waals surface area contributed by atoms with E-state index in [-0.39, 0.29) is 72.9 Å². The van der Waals surface area contributed by atoms with Gasteiger partial charge in [-0.15, -0.1) is 11.8 Å². The molecule has 272 valence electrons. The van der Waals surface area contributed by atoms with Gasteiger partial charge in [-0.05, 0) is 31.0 Å². The molecule has 2 aliphatic rings. The number of ketones is 2. The van der Waals surface area contributed by atoms with Crippen LogP contribution in [0.25, 0.3) is 0 Å². The van der Waals surface area contributed by atoms with Crippen molar-refractivity contribution in [3.05, 3.63) is 29.8 Å². The minimum atomic E-state index is -0.687. The largest absolute Gasteiger partial charge is 0.362 e. The summed E-state index contributed by atoms with van der Waals surface area (Å²) in [7, 11) is 2.68. The molecule has 16 nitrogen and oxygen atoms in total. The fourth-order valence-corrected chi connectivity index (χ4v) is 6.59. The van der Waals surface area contributed by atoms with Crippen LogP contribution in [0.4, 0.5) is 5.69 Å². The van der Waals surface area contributed by atoms with Crippen molar-refractivity contribution in [1.29, 1.82) is 0 Å². The second kappa shape index (κ2) is 20.7. The lowest BCUT2D eigenvalue weighted by Crippen LogP contribution is -2.47. The van der Waals surface area contributed by atoms with E-state index in [4.69, 9.17) is 4.74 Å². The fourth-order valence-electron chi connectivity index (χ4n) is 4.39. The monoisotopic (exact) mass is 752 g/mol. The molecule has 50 heavy (non-hydrogen) atoms. The van der Waals surface area contributed by atoms with Gasteiger partial charge in [-0.3, -0.25) is 48.1 Å². The van der Waals surface area contributed by atoms with Gasteiger partial charge in [0.1, 0.15) is 30.1 Å². The van der Waals surface area contributed by atoms with Gasteiger partial charge in [-0.1, -0.05) is 40.6 Å². The van der Waals surface area contributed by atoms with Crippen molar-refractivity contribution in [2.24, 2.45) is 0 Å². The Balaban J connectivity index is 1.39. The molecule has 1 unspecified atom stereocenters. The number of carbonyl (C=O) groups excluding carboxylic acids is 9. The Kier molecular flexibility index (Phi) is 16.7. The lowest BCUT2D eigenvalue weighted by atomic mass is 10.1. The van der Waals surface area contributed by atoms with Crippen molar-refractivity contribution in [2.75, 3.05) is 57.1 Å². The average molecular weight is 753 g/mol. The number of thioether (sulfide) groups is 1. The van der Waals surface area contributed by atoms with Crippen molar-refractivity contribution >= 4 is 92.0 Å². The van der Waals surface area contributed by atoms with Gasteiger partial charge < -0.3 is 30.9 Å². The Bertz CT molecular complexity index is 1460. The summed E-state index contributed by atoms with van der Waals surface area (Å²) in [5.74, 6) is -3.31. The molecule has 0 spiro atoms. The van der Waals surface area contributed by atoms with Crippen LogP contribution in [0.1, 0.15) is 38.7 Å². The zero-order valence-corrected chi connectivity index (χ0v) is 30.1. The maximum absolute atomic E-state index is 12.9. The molecule has 1 aromatic carbocycles. The molecule has 2 saturated heterocycles. The highest BCUT2D eigenvalue weighted by atomic mass is 33.2. The summed E-state index contributed by atoms with van der Waals surface area (Å²) in [5.41, 5.74) is 1.32. The minimum absolute atomic E-state index is 0.0260. The van der Waals surface area contributed by atoms with E-state index in [0.29, 0.717) is 18.5 Å². The van der Waals surface area contributed by atoms with Crippen LogP contribution < -0.4 is 21.3 Å². The number of Topliss-reactive ketones (excluding diaryl/α,β-unsaturated/α-hetero) is 2. The summed E-state index contributed by atoms with van der Waals surface area (Å²) in [4.78, 5) is 112. The smallest absolute Gasteiger partial charge is 0.250 e. The summed E-state index contributed by atoms with van der Waals surface area (Å²) in [6.45, 7) is 1.15. The topological polar surface area (TPSA) is 217 Å². The highest BCUT2D eigenvalue weighted by Crippen LogP contribution is 2.53. The quantitative estimate of drug-likeness (QED) is 0.0526. The second-order valence-electron chi connectivity index (χ2n) is 11.1. The van der Waals surface area contributed by atoms with Crippen LogP contribution in [0.5, 0.6) is 0 Å². The number of anilines is 1. The van der Waals surface area contributed by atoms with Crippen LogP contribution in [-0.4, -0.2) is 124 Å². The summed E-state index contributed by atoms with van der Waals surface area (Å²) >= 11 is 1.10. The molecule has 7 amide bonds. The van der Waals surface area contributed by atoms with Crippen molar-refractivity contribution in [2.45, 2.75) is 49.4 Å². The number of amides is 7. The van der Waals surface area contributed by atoms with Crippen LogP contribution >= 0.6 is 33.3 Å². The van der Waals surface area contributed by atoms with Crippen molar-refractivity contribution < 1.29 is 47.9 Å². The van der Waals surface area contributed by atoms with Crippen LogP contribution in [0.2, 0.25) is 0 Å². The Labute approximate surface area is 301 Å². The summed E-state index contributed by atoms with van der Waals surface area (Å²) < 4.78 is 4.95. The summed E-state index contributed by atoms with van der Waals surface area (Å²) in [5, 5.41) is 9.70. The first-order valence-corrected chi connectivity index (χ1v) is 19.0. The number of hydrogen-bond donors (Lipinski definition) is 4. The normalized spacial score (nSPS) is 15.3. The lowest BCUT2D eigenvalue weighted by Gasteiger charge is -2.22.